The molecule has 0 amide bonds. The molecule has 2 aromatic heterocycles. The van der Waals surface area contributed by atoms with Gasteiger partial charge in [0.15, 0.2) is 0 Å². The van der Waals surface area contributed by atoms with E-state index in [9.17, 15) is 0 Å². The van der Waals surface area contributed by atoms with E-state index in [0.717, 1.165) is 0 Å². The Balaban J connectivity index is 2.58. The molecule has 2 heterocycles. The van der Waals surface area contributed by atoms with Gasteiger partial charge in [-0.25, -0.2) is 19.9 Å². The third-order valence-corrected chi connectivity index (χ3v) is 2.49. The molecule has 0 saturated carbocycles. The van der Waals surface area contributed by atoms with Gasteiger partial charge in [-0.1, -0.05) is 23.2 Å². The molecule has 0 spiro atoms. The molecule has 0 bridgehead atoms. The van der Waals surface area contributed by atoms with Crippen molar-refractivity contribution in [3.05, 3.63) is 33.1 Å². The molecule has 2 aromatic rings. The monoisotopic (exact) mass is 294 g/mol. The lowest BCUT2D eigenvalue weighted by Crippen LogP contribution is -1.92. The van der Waals surface area contributed by atoms with Crippen LogP contribution in [0.25, 0.3) is 11.3 Å². The van der Waals surface area contributed by atoms with Crippen molar-refractivity contribution in [1.82, 2.24) is 19.9 Å². The van der Waals surface area contributed by atoms with Crippen molar-refractivity contribution in [3.8, 4) is 11.3 Å². The molecule has 0 aromatic carbocycles. The van der Waals surface area contributed by atoms with Crippen LogP contribution in [0.3, 0.4) is 0 Å². The van der Waals surface area contributed by atoms with Gasteiger partial charge in [-0.15, -0.1) is 0 Å². The van der Waals surface area contributed by atoms with Crippen molar-refractivity contribution in [2.24, 2.45) is 0 Å². The molecular formula is C8H2Cl4N4. The van der Waals surface area contributed by atoms with Gasteiger partial charge in [0.1, 0.15) is 10.3 Å². The highest BCUT2D eigenvalue weighted by Gasteiger charge is 2.10. The van der Waals surface area contributed by atoms with Crippen LogP contribution in [0, 0.1) is 0 Å². The summed E-state index contributed by atoms with van der Waals surface area (Å²) in [5, 5.41) is 0.459. The maximum atomic E-state index is 5.89. The minimum absolute atomic E-state index is 0.0218. The van der Waals surface area contributed by atoms with Crippen LogP contribution in [0.4, 0.5) is 0 Å². The van der Waals surface area contributed by atoms with E-state index >= 15 is 0 Å². The van der Waals surface area contributed by atoms with E-state index in [0.29, 0.717) is 11.3 Å². The van der Waals surface area contributed by atoms with E-state index in [1.165, 1.54) is 12.3 Å². The normalized spacial score (nSPS) is 10.5. The van der Waals surface area contributed by atoms with E-state index < -0.39 is 0 Å². The number of hydrogen-bond acceptors (Lipinski definition) is 4. The summed E-state index contributed by atoms with van der Waals surface area (Å²) in [5.41, 5.74) is 0.920. The van der Waals surface area contributed by atoms with Crippen LogP contribution >= 0.6 is 46.4 Å². The molecule has 0 unspecified atom stereocenters. The molecule has 2 rings (SSSR count). The van der Waals surface area contributed by atoms with Gasteiger partial charge in [-0.3, -0.25) is 0 Å². The fraction of sp³-hybridized carbons (Fsp3) is 0. The highest BCUT2D eigenvalue weighted by molar-refractivity contribution is 6.34. The molecular weight excluding hydrogens is 294 g/mol. The van der Waals surface area contributed by atoms with E-state index in [2.05, 4.69) is 19.9 Å². The van der Waals surface area contributed by atoms with Gasteiger partial charge < -0.3 is 0 Å². The van der Waals surface area contributed by atoms with Crippen LogP contribution in [0.5, 0.6) is 0 Å². The summed E-state index contributed by atoms with van der Waals surface area (Å²) < 4.78 is 0. The second-order valence-electron chi connectivity index (χ2n) is 2.69. The van der Waals surface area contributed by atoms with E-state index in [1.54, 1.807) is 0 Å². The van der Waals surface area contributed by atoms with E-state index in [4.69, 9.17) is 46.4 Å². The molecule has 82 valence electrons. The Bertz CT molecular complexity index is 525. The summed E-state index contributed by atoms with van der Waals surface area (Å²) >= 11 is 22.9. The van der Waals surface area contributed by atoms with Crippen molar-refractivity contribution in [2.75, 3.05) is 0 Å². The SMILES string of the molecule is Clc1cc(-c2cnc(Cl)nc2Cl)nc(Cl)n1. The largest absolute Gasteiger partial charge is 0.226 e. The zero-order chi connectivity index (χ0) is 11.7. The second-order valence-corrected chi connectivity index (χ2v) is 4.11. The average Bonchev–Trinajstić information content (AvgIpc) is 2.15. The molecule has 8 heteroatoms. The molecule has 0 aliphatic carbocycles. The Kier molecular flexibility index (Phi) is 3.44. The molecule has 16 heavy (non-hydrogen) atoms. The van der Waals surface area contributed by atoms with Crippen LogP contribution in [-0.2, 0) is 0 Å². The van der Waals surface area contributed by atoms with E-state index in [1.807, 2.05) is 0 Å². The standard InChI is InChI=1S/C8H2Cl4N4/c9-5-1-4(14-8(12)15-5)3-2-13-7(11)16-6(3)10/h1-2H. The van der Waals surface area contributed by atoms with Crippen LogP contribution in [0.1, 0.15) is 0 Å². The first kappa shape index (κ1) is 11.8. The molecule has 0 radical (unpaired) electrons. The molecule has 0 atom stereocenters. The second kappa shape index (κ2) is 4.67. The Morgan fingerprint density at radius 2 is 1.62 bits per heavy atom. The number of rotatable bonds is 1. The van der Waals surface area contributed by atoms with Crippen molar-refractivity contribution >= 4 is 46.4 Å². The first-order valence-electron chi connectivity index (χ1n) is 3.95. The number of aromatic nitrogens is 4. The predicted octanol–water partition coefficient (Wildman–Crippen LogP) is 3.55. The Labute approximate surface area is 111 Å². The van der Waals surface area contributed by atoms with Crippen molar-refractivity contribution < 1.29 is 0 Å². The molecule has 0 fully saturated rings. The highest BCUT2D eigenvalue weighted by Crippen LogP contribution is 2.27. The van der Waals surface area contributed by atoms with Gasteiger partial charge in [0.05, 0.1) is 11.3 Å². The van der Waals surface area contributed by atoms with Crippen LogP contribution < -0.4 is 0 Å². The van der Waals surface area contributed by atoms with Crippen LogP contribution in [-0.4, -0.2) is 19.9 Å². The third-order valence-electron chi connectivity index (χ3n) is 1.66. The highest BCUT2D eigenvalue weighted by atomic mass is 35.5. The summed E-state index contributed by atoms with van der Waals surface area (Å²) in [6.45, 7) is 0. The van der Waals surface area contributed by atoms with Crippen molar-refractivity contribution in [1.29, 1.82) is 0 Å². The number of nitrogens with zero attached hydrogens (tertiary/aromatic N) is 4. The van der Waals surface area contributed by atoms with Crippen molar-refractivity contribution in [3.63, 3.8) is 0 Å². The average molecular weight is 296 g/mol. The first-order valence-corrected chi connectivity index (χ1v) is 5.46. The van der Waals surface area contributed by atoms with Gasteiger partial charge in [0.25, 0.3) is 0 Å². The summed E-state index contributed by atoms with van der Waals surface area (Å²) in [5.74, 6) is 0. The summed E-state index contributed by atoms with van der Waals surface area (Å²) in [7, 11) is 0. The zero-order valence-electron chi connectivity index (χ0n) is 7.46. The molecule has 0 aliphatic rings. The van der Waals surface area contributed by atoms with Gasteiger partial charge in [0, 0.05) is 12.3 Å². The first-order chi connectivity index (χ1) is 7.56. The van der Waals surface area contributed by atoms with Crippen molar-refractivity contribution in [2.45, 2.75) is 0 Å². The Hall–Kier alpha value is -0.680. The topological polar surface area (TPSA) is 51.6 Å². The molecule has 0 N–H and O–H groups in total. The quantitative estimate of drug-likeness (QED) is 0.596. The predicted molar refractivity (Wildman–Crippen MR) is 63.1 cm³/mol. The maximum Gasteiger partial charge on any atom is 0.224 e. The van der Waals surface area contributed by atoms with Gasteiger partial charge in [0.2, 0.25) is 10.6 Å². The van der Waals surface area contributed by atoms with Crippen LogP contribution in [0.15, 0.2) is 12.3 Å². The van der Waals surface area contributed by atoms with Gasteiger partial charge in [-0.2, -0.15) is 0 Å². The molecule has 0 saturated heterocycles. The summed E-state index contributed by atoms with van der Waals surface area (Å²) in [6, 6.07) is 1.51. The zero-order valence-corrected chi connectivity index (χ0v) is 10.5. The summed E-state index contributed by atoms with van der Waals surface area (Å²) in [6.07, 6.45) is 1.44. The lowest BCUT2D eigenvalue weighted by Gasteiger charge is -2.03. The van der Waals surface area contributed by atoms with Gasteiger partial charge in [-0.05, 0) is 23.2 Å². The lowest BCUT2D eigenvalue weighted by molar-refractivity contribution is 1.13. The minimum atomic E-state index is 0.0218. The lowest BCUT2D eigenvalue weighted by atomic mass is 10.2. The number of halogens is 4. The third kappa shape index (κ3) is 2.52. The minimum Gasteiger partial charge on any atom is -0.226 e. The van der Waals surface area contributed by atoms with E-state index in [-0.39, 0.29) is 20.9 Å². The fourth-order valence-electron chi connectivity index (χ4n) is 1.04. The van der Waals surface area contributed by atoms with Gasteiger partial charge >= 0.3 is 0 Å². The van der Waals surface area contributed by atoms with Crippen LogP contribution in [0.2, 0.25) is 20.9 Å². The summed E-state index contributed by atoms with van der Waals surface area (Å²) in [4.78, 5) is 15.3. The number of hydrogen-bond donors (Lipinski definition) is 0. The smallest absolute Gasteiger partial charge is 0.224 e. The maximum absolute atomic E-state index is 5.89. The Morgan fingerprint density at radius 1 is 0.875 bits per heavy atom. The molecule has 4 nitrogen and oxygen atoms in total. The molecule has 0 aliphatic heterocycles. The fourth-order valence-corrected chi connectivity index (χ4v) is 1.85. The Morgan fingerprint density at radius 3 is 2.25 bits per heavy atom.